The molecule has 88 valence electrons. The van der Waals surface area contributed by atoms with Crippen LogP contribution in [0.4, 0.5) is 0 Å². The van der Waals surface area contributed by atoms with Crippen LogP contribution in [0, 0.1) is 5.41 Å². The molecule has 0 fully saturated rings. The SMILES string of the molecule is CC(C)(CN)C(=O)NCCC(O)C(=O)O. The monoisotopic (exact) mass is 218 g/mol. The van der Waals surface area contributed by atoms with E-state index in [0.717, 1.165) is 0 Å². The van der Waals surface area contributed by atoms with Gasteiger partial charge in [0.15, 0.2) is 6.10 Å². The summed E-state index contributed by atoms with van der Waals surface area (Å²) in [6.45, 7) is 3.71. The van der Waals surface area contributed by atoms with Gasteiger partial charge in [-0.1, -0.05) is 0 Å². The minimum Gasteiger partial charge on any atom is -0.479 e. The highest BCUT2D eigenvalue weighted by Gasteiger charge is 2.25. The topological polar surface area (TPSA) is 113 Å². The highest BCUT2D eigenvalue weighted by Crippen LogP contribution is 2.11. The molecule has 1 unspecified atom stereocenters. The summed E-state index contributed by atoms with van der Waals surface area (Å²) in [6.07, 6.45) is -1.45. The molecule has 6 nitrogen and oxygen atoms in total. The Bertz CT molecular complexity index is 240. The van der Waals surface area contributed by atoms with Gasteiger partial charge in [0, 0.05) is 19.5 Å². The second-order valence-corrected chi connectivity index (χ2v) is 3.99. The summed E-state index contributed by atoms with van der Waals surface area (Å²) in [7, 11) is 0. The Morgan fingerprint density at radius 2 is 2.00 bits per heavy atom. The van der Waals surface area contributed by atoms with Crippen LogP contribution in [-0.4, -0.2) is 41.3 Å². The Kier molecular flexibility index (Phi) is 5.24. The molecule has 0 aliphatic rings. The van der Waals surface area contributed by atoms with E-state index in [1.54, 1.807) is 13.8 Å². The lowest BCUT2D eigenvalue weighted by atomic mass is 9.93. The molecule has 0 aliphatic carbocycles. The summed E-state index contributed by atoms with van der Waals surface area (Å²) in [4.78, 5) is 21.7. The third kappa shape index (κ3) is 4.75. The van der Waals surface area contributed by atoms with Gasteiger partial charge in [-0.3, -0.25) is 4.79 Å². The summed E-state index contributed by atoms with van der Waals surface area (Å²) < 4.78 is 0. The van der Waals surface area contributed by atoms with Gasteiger partial charge in [0.05, 0.1) is 5.41 Å². The predicted octanol–water partition coefficient (Wildman–Crippen LogP) is -1.08. The summed E-state index contributed by atoms with van der Waals surface area (Å²) in [5, 5.41) is 19.8. The Labute approximate surface area is 88.5 Å². The predicted molar refractivity (Wildman–Crippen MR) is 54.1 cm³/mol. The number of aliphatic carboxylic acids is 1. The Hall–Kier alpha value is -1.14. The maximum atomic E-state index is 11.4. The first-order valence-corrected chi connectivity index (χ1v) is 4.70. The van der Waals surface area contributed by atoms with Gasteiger partial charge in [0.1, 0.15) is 0 Å². The first-order chi connectivity index (χ1) is 6.81. The molecular formula is C9H18N2O4. The number of aliphatic hydroxyl groups excluding tert-OH is 1. The maximum Gasteiger partial charge on any atom is 0.332 e. The zero-order valence-electron chi connectivity index (χ0n) is 8.99. The van der Waals surface area contributed by atoms with Gasteiger partial charge in [-0.25, -0.2) is 4.79 Å². The first-order valence-electron chi connectivity index (χ1n) is 4.70. The van der Waals surface area contributed by atoms with Crippen molar-refractivity contribution in [3.8, 4) is 0 Å². The number of hydrogen-bond donors (Lipinski definition) is 4. The summed E-state index contributed by atoms with van der Waals surface area (Å²) >= 11 is 0. The molecule has 0 aromatic carbocycles. The van der Waals surface area contributed by atoms with Crippen LogP contribution in [0.5, 0.6) is 0 Å². The Balaban J connectivity index is 3.88. The normalized spacial score (nSPS) is 13.3. The standard InChI is InChI=1S/C9H18N2O4/c1-9(2,5-10)8(15)11-4-3-6(12)7(13)14/h6,12H,3-5,10H2,1-2H3,(H,11,15)(H,13,14). The number of nitrogens with one attached hydrogen (secondary N) is 1. The van der Waals surface area contributed by atoms with E-state index >= 15 is 0 Å². The summed E-state index contributed by atoms with van der Waals surface area (Å²) in [6, 6.07) is 0. The van der Waals surface area contributed by atoms with E-state index in [2.05, 4.69) is 5.32 Å². The molecule has 5 N–H and O–H groups in total. The highest BCUT2D eigenvalue weighted by molar-refractivity contribution is 5.82. The molecule has 0 saturated carbocycles. The van der Waals surface area contributed by atoms with E-state index in [0.29, 0.717) is 0 Å². The molecule has 1 atom stereocenters. The lowest BCUT2D eigenvalue weighted by Crippen LogP contribution is -2.42. The lowest BCUT2D eigenvalue weighted by Gasteiger charge is -2.21. The zero-order valence-corrected chi connectivity index (χ0v) is 8.99. The number of carboxylic acids is 1. The fourth-order valence-electron chi connectivity index (χ4n) is 0.778. The average molecular weight is 218 g/mol. The van der Waals surface area contributed by atoms with E-state index in [1.807, 2.05) is 0 Å². The summed E-state index contributed by atoms with van der Waals surface area (Å²) in [5.41, 5.74) is 4.71. The van der Waals surface area contributed by atoms with E-state index in [4.69, 9.17) is 15.9 Å². The van der Waals surface area contributed by atoms with Crippen molar-refractivity contribution in [3.63, 3.8) is 0 Å². The second-order valence-electron chi connectivity index (χ2n) is 3.99. The van der Waals surface area contributed by atoms with Crippen molar-refractivity contribution in [2.75, 3.05) is 13.1 Å². The fourth-order valence-corrected chi connectivity index (χ4v) is 0.778. The van der Waals surface area contributed by atoms with Gasteiger partial charge in [0.25, 0.3) is 0 Å². The third-order valence-electron chi connectivity index (χ3n) is 2.11. The molecule has 0 bridgehead atoms. The number of rotatable bonds is 6. The number of hydrogen-bond acceptors (Lipinski definition) is 4. The van der Waals surface area contributed by atoms with Gasteiger partial charge in [-0.05, 0) is 13.8 Å². The number of carbonyl (C=O) groups excluding carboxylic acids is 1. The largest absolute Gasteiger partial charge is 0.479 e. The van der Waals surface area contributed by atoms with Crippen molar-refractivity contribution in [2.24, 2.45) is 11.1 Å². The van der Waals surface area contributed by atoms with Crippen LogP contribution in [0.2, 0.25) is 0 Å². The number of amides is 1. The van der Waals surface area contributed by atoms with Crippen molar-refractivity contribution in [1.29, 1.82) is 0 Å². The van der Waals surface area contributed by atoms with Crippen molar-refractivity contribution in [1.82, 2.24) is 5.32 Å². The fraction of sp³-hybridized carbons (Fsp3) is 0.778. The number of aliphatic hydroxyl groups is 1. The number of carboxylic acid groups (broad SMARTS) is 1. The molecule has 0 spiro atoms. The van der Waals surface area contributed by atoms with Gasteiger partial charge in [-0.2, -0.15) is 0 Å². The average Bonchev–Trinajstić information content (AvgIpc) is 2.17. The molecule has 0 aliphatic heterocycles. The molecule has 0 rings (SSSR count). The quantitative estimate of drug-likeness (QED) is 0.453. The molecule has 1 amide bonds. The third-order valence-corrected chi connectivity index (χ3v) is 2.11. The molecule has 6 heteroatoms. The minimum atomic E-state index is -1.44. The van der Waals surface area contributed by atoms with E-state index < -0.39 is 17.5 Å². The van der Waals surface area contributed by atoms with Crippen LogP contribution in [0.25, 0.3) is 0 Å². The van der Waals surface area contributed by atoms with Gasteiger partial charge < -0.3 is 21.3 Å². The molecular weight excluding hydrogens is 200 g/mol. The van der Waals surface area contributed by atoms with Crippen molar-refractivity contribution < 1.29 is 19.8 Å². The van der Waals surface area contributed by atoms with Crippen LogP contribution in [0.1, 0.15) is 20.3 Å². The van der Waals surface area contributed by atoms with Crippen molar-refractivity contribution >= 4 is 11.9 Å². The maximum absolute atomic E-state index is 11.4. The van der Waals surface area contributed by atoms with Crippen LogP contribution in [0.3, 0.4) is 0 Å². The van der Waals surface area contributed by atoms with Gasteiger partial charge in [0.2, 0.25) is 5.91 Å². The van der Waals surface area contributed by atoms with Crippen LogP contribution >= 0.6 is 0 Å². The molecule has 0 radical (unpaired) electrons. The van der Waals surface area contributed by atoms with Crippen molar-refractivity contribution in [2.45, 2.75) is 26.4 Å². The molecule has 0 heterocycles. The van der Waals surface area contributed by atoms with Gasteiger partial charge >= 0.3 is 5.97 Å². The Morgan fingerprint density at radius 1 is 1.47 bits per heavy atom. The first kappa shape index (κ1) is 13.9. The van der Waals surface area contributed by atoms with Crippen LogP contribution < -0.4 is 11.1 Å². The Morgan fingerprint density at radius 3 is 2.40 bits per heavy atom. The van der Waals surface area contributed by atoms with Gasteiger partial charge in [-0.15, -0.1) is 0 Å². The second kappa shape index (κ2) is 5.67. The van der Waals surface area contributed by atoms with E-state index in [1.165, 1.54) is 0 Å². The van der Waals surface area contributed by atoms with E-state index in [-0.39, 0.29) is 25.4 Å². The molecule has 15 heavy (non-hydrogen) atoms. The molecule has 0 aromatic rings. The number of carbonyl (C=O) groups is 2. The lowest BCUT2D eigenvalue weighted by molar-refractivity contribution is -0.147. The smallest absolute Gasteiger partial charge is 0.332 e. The highest BCUT2D eigenvalue weighted by atomic mass is 16.4. The number of nitrogens with two attached hydrogens (primary N) is 1. The summed E-state index contributed by atoms with van der Waals surface area (Å²) in [5.74, 6) is -1.54. The van der Waals surface area contributed by atoms with Crippen molar-refractivity contribution in [3.05, 3.63) is 0 Å². The van der Waals surface area contributed by atoms with E-state index in [9.17, 15) is 9.59 Å². The minimum absolute atomic E-state index is 0.0122. The van der Waals surface area contributed by atoms with Crippen LogP contribution in [0.15, 0.2) is 0 Å². The molecule has 0 saturated heterocycles. The van der Waals surface area contributed by atoms with Crippen LogP contribution in [-0.2, 0) is 9.59 Å². The zero-order chi connectivity index (χ0) is 12.1. The molecule has 0 aromatic heterocycles.